The molecule has 96 valence electrons. The predicted molar refractivity (Wildman–Crippen MR) is 64.4 cm³/mol. The quantitative estimate of drug-likeness (QED) is 0.750. The second-order valence-electron chi connectivity index (χ2n) is 5.27. The van der Waals surface area contributed by atoms with E-state index in [-0.39, 0.29) is 24.7 Å². The molecular formula is C12H22ClF2N. The van der Waals surface area contributed by atoms with E-state index >= 15 is 0 Å². The highest BCUT2D eigenvalue weighted by molar-refractivity contribution is 5.85. The van der Waals surface area contributed by atoms with Gasteiger partial charge in [0.1, 0.15) is 0 Å². The van der Waals surface area contributed by atoms with Crippen LogP contribution in [0.15, 0.2) is 0 Å². The lowest BCUT2D eigenvalue weighted by molar-refractivity contribution is -0.133. The molecule has 0 radical (unpaired) electrons. The molecule has 0 aromatic carbocycles. The molecule has 1 saturated carbocycles. The fourth-order valence-electron chi connectivity index (χ4n) is 3.17. The van der Waals surface area contributed by atoms with Gasteiger partial charge in [-0.05, 0) is 38.6 Å². The van der Waals surface area contributed by atoms with Crippen LogP contribution in [0, 0.1) is 5.92 Å². The number of halogens is 3. The van der Waals surface area contributed by atoms with Crippen molar-refractivity contribution >= 4 is 12.4 Å². The van der Waals surface area contributed by atoms with Gasteiger partial charge in [0.15, 0.2) is 0 Å². The molecule has 1 nitrogen and oxygen atoms in total. The van der Waals surface area contributed by atoms with Crippen LogP contribution in [-0.2, 0) is 0 Å². The number of nitrogens with one attached hydrogen (secondary N) is 1. The molecule has 1 N–H and O–H groups in total. The minimum atomic E-state index is -2.52. The first-order valence-corrected chi connectivity index (χ1v) is 6.19. The van der Waals surface area contributed by atoms with E-state index in [2.05, 4.69) is 5.32 Å². The standard InChI is InChI=1S/C12H21F2N.ClH/c1-11(10-6-3-2-4-7-10)12(13,14)8-5-9-15-11;/h10,15H,2-9H2,1H3;1H. The van der Waals surface area contributed by atoms with Crippen molar-refractivity contribution in [2.75, 3.05) is 6.54 Å². The first kappa shape index (κ1) is 14.2. The monoisotopic (exact) mass is 253 g/mol. The Hall–Kier alpha value is 0.110. The van der Waals surface area contributed by atoms with Gasteiger partial charge in [0, 0.05) is 6.42 Å². The molecule has 1 aliphatic carbocycles. The molecule has 1 unspecified atom stereocenters. The molecule has 2 aliphatic rings. The Labute approximate surface area is 103 Å². The summed E-state index contributed by atoms with van der Waals surface area (Å²) in [6.45, 7) is 2.49. The van der Waals surface area contributed by atoms with Gasteiger partial charge in [-0.1, -0.05) is 19.3 Å². The molecule has 1 atom stereocenters. The fraction of sp³-hybridized carbons (Fsp3) is 1.00. The molecule has 0 aromatic heterocycles. The van der Waals surface area contributed by atoms with Crippen molar-refractivity contribution < 1.29 is 8.78 Å². The topological polar surface area (TPSA) is 12.0 Å². The lowest BCUT2D eigenvalue weighted by atomic mass is 9.70. The van der Waals surface area contributed by atoms with Crippen molar-refractivity contribution in [1.29, 1.82) is 0 Å². The van der Waals surface area contributed by atoms with Crippen LogP contribution >= 0.6 is 12.4 Å². The van der Waals surface area contributed by atoms with Crippen molar-refractivity contribution in [2.24, 2.45) is 5.92 Å². The zero-order chi connectivity index (χ0) is 10.9. The molecule has 0 aromatic rings. The average molecular weight is 254 g/mol. The summed E-state index contributed by atoms with van der Waals surface area (Å²) in [7, 11) is 0. The molecule has 2 rings (SSSR count). The van der Waals surface area contributed by atoms with Gasteiger partial charge in [-0.3, -0.25) is 0 Å². The Kier molecular flexibility index (Phi) is 4.58. The molecule has 1 saturated heterocycles. The van der Waals surface area contributed by atoms with Crippen LogP contribution in [0.3, 0.4) is 0 Å². The van der Waals surface area contributed by atoms with E-state index < -0.39 is 11.5 Å². The van der Waals surface area contributed by atoms with Gasteiger partial charge in [-0.15, -0.1) is 12.4 Å². The normalized spacial score (nSPS) is 35.4. The van der Waals surface area contributed by atoms with E-state index in [0.717, 1.165) is 32.2 Å². The Morgan fingerprint density at radius 3 is 2.25 bits per heavy atom. The van der Waals surface area contributed by atoms with Crippen molar-refractivity contribution in [1.82, 2.24) is 5.32 Å². The zero-order valence-corrected chi connectivity index (χ0v) is 10.7. The first-order chi connectivity index (χ1) is 7.06. The van der Waals surface area contributed by atoms with E-state index in [9.17, 15) is 8.78 Å². The lowest BCUT2D eigenvalue weighted by Crippen LogP contribution is -2.64. The van der Waals surface area contributed by atoms with Gasteiger partial charge in [0.25, 0.3) is 5.92 Å². The largest absolute Gasteiger partial charge is 0.306 e. The van der Waals surface area contributed by atoms with Crippen LogP contribution in [0.25, 0.3) is 0 Å². The fourth-order valence-corrected chi connectivity index (χ4v) is 3.17. The number of hydrogen-bond donors (Lipinski definition) is 1. The van der Waals surface area contributed by atoms with E-state index in [0.29, 0.717) is 6.42 Å². The molecule has 0 bridgehead atoms. The third-order valence-electron chi connectivity index (χ3n) is 4.34. The molecule has 1 aliphatic heterocycles. The van der Waals surface area contributed by atoms with E-state index in [1.807, 2.05) is 0 Å². The Bertz CT molecular complexity index is 229. The number of piperidine rings is 1. The Morgan fingerprint density at radius 2 is 1.69 bits per heavy atom. The summed E-state index contributed by atoms with van der Waals surface area (Å²) in [5.41, 5.74) is -0.939. The van der Waals surface area contributed by atoms with Gasteiger partial charge in [0.2, 0.25) is 0 Å². The maximum absolute atomic E-state index is 14.0. The van der Waals surface area contributed by atoms with Gasteiger partial charge in [-0.25, -0.2) is 8.78 Å². The third-order valence-corrected chi connectivity index (χ3v) is 4.34. The lowest BCUT2D eigenvalue weighted by Gasteiger charge is -2.48. The third kappa shape index (κ3) is 2.35. The predicted octanol–water partition coefficient (Wildman–Crippen LogP) is 3.77. The summed E-state index contributed by atoms with van der Waals surface area (Å²) in [6.07, 6.45) is 6.08. The summed E-state index contributed by atoms with van der Waals surface area (Å²) in [5.74, 6) is -2.35. The number of hydrogen-bond acceptors (Lipinski definition) is 1. The van der Waals surface area contributed by atoms with E-state index in [1.165, 1.54) is 6.42 Å². The summed E-state index contributed by atoms with van der Waals surface area (Å²) >= 11 is 0. The van der Waals surface area contributed by atoms with Gasteiger partial charge < -0.3 is 5.32 Å². The second-order valence-corrected chi connectivity index (χ2v) is 5.27. The zero-order valence-electron chi connectivity index (χ0n) is 9.90. The van der Waals surface area contributed by atoms with E-state index in [4.69, 9.17) is 0 Å². The van der Waals surface area contributed by atoms with Crippen molar-refractivity contribution in [3.63, 3.8) is 0 Å². The van der Waals surface area contributed by atoms with Crippen LogP contribution in [0.2, 0.25) is 0 Å². The highest BCUT2D eigenvalue weighted by Crippen LogP contribution is 2.45. The molecule has 0 spiro atoms. The van der Waals surface area contributed by atoms with Crippen molar-refractivity contribution in [3.8, 4) is 0 Å². The first-order valence-electron chi connectivity index (χ1n) is 6.19. The molecule has 4 heteroatoms. The second kappa shape index (κ2) is 5.18. The average Bonchev–Trinajstić information content (AvgIpc) is 2.24. The summed E-state index contributed by atoms with van der Waals surface area (Å²) in [4.78, 5) is 0. The van der Waals surface area contributed by atoms with Crippen LogP contribution in [0.4, 0.5) is 8.78 Å². The highest BCUT2D eigenvalue weighted by atomic mass is 35.5. The summed E-state index contributed by atoms with van der Waals surface area (Å²) in [6, 6.07) is 0. The summed E-state index contributed by atoms with van der Waals surface area (Å²) < 4.78 is 28.0. The SMILES string of the molecule is CC1(C2CCCCC2)NCCCC1(F)F.Cl. The van der Waals surface area contributed by atoms with Gasteiger partial charge in [-0.2, -0.15) is 0 Å². The van der Waals surface area contributed by atoms with Crippen molar-refractivity contribution in [3.05, 3.63) is 0 Å². The van der Waals surface area contributed by atoms with Gasteiger partial charge >= 0.3 is 0 Å². The smallest absolute Gasteiger partial charge is 0.265 e. The summed E-state index contributed by atoms with van der Waals surface area (Å²) in [5, 5.41) is 3.11. The van der Waals surface area contributed by atoms with Crippen LogP contribution in [0.1, 0.15) is 51.9 Å². The number of alkyl halides is 2. The Morgan fingerprint density at radius 1 is 1.06 bits per heavy atom. The Balaban J connectivity index is 0.00000128. The van der Waals surface area contributed by atoms with Crippen LogP contribution in [-0.4, -0.2) is 18.0 Å². The molecular weight excluding hydrogens is 232 g/mol. The highest BCUT2D eigenvalue weighted by Gasteiger charge is 2.55. The van der Waals surface area contributed by atoms with Crippen LogP contribution in [0.5, 0.6) is 0 Å². The minimum Gasteiger partial charge on any atom is -0.306 e. The minimum absolute atomic E-state index is 0. The maximum atomic E-state index is 14.0. The van der Waals surface area contributed by atoms with E-state index in [1.54, 1.807) is 6.92 Å². The maximum Gasteiger partial charge on any atom is 0.265 e. The van der Waals surface area contributed by atoms with Crippen molar-refractivity contribution in [2.45, 2.75) is 63.3 Å². The number of rotatable bonds is 1. The van der Waals surface area contributed by atoms with Gasteiger partial charge in [0.05, 0.1) is 5.54 Å². The molecule has 16 heavy (non-hydrogen) atoms. The molecule has 1 heterocycles. The molecule has 0 amide bonds. The van der Waals surface area contributed by atoms with Crippen LogP contribution < -0.4 is 5.32 Å². The molecule has 2 fully saturated rings.